The van der Waals surface area contributed by atoms with Crippen molar-refractivity contribution >= 4 is 5.95 Å². The van der Waals surface area contributed by atoms with E-state index in [4.69, 9.17) is 10.5 Å². The molecule has 5 nitrogen and oxygen atoms in total. The van der Waals surface area contributed by atoms with E-state index in [1.807, 2.05) is 12.4 Å². The zero-order valence-electron chi connectivity index (χ0n) is 11.4. The summed E-state index contributed by atoms with van der Waals surface area (Å²) in [6, 6.07) is 0.319. The van der Waals surface area contributed by atoms with Crippen LogP contribution in [-0.2, 0) is 4.74 Å². The van der Waals surface area contributed by atoms with E-state index in [0.717, 1.165) is 25.6 Å². The highest BCUT2D eigenvalue weighted by molar-refractivity contribution is 5.32. The summed E-state index contributed by atoms with van der Waals surface area (Å²) in [5, 5.41) is 0. The van der Waals surface area contributed by atoms with Gasteiger partial charge in [-0.25, -0.2) is 4.98 Å². The molecule has 5 heteroatoms. The Kier molecular flexibility index (Phi) is 4.60. The van der Waals surface area contributed by atoms with E-state index >= 15 is 0 Å². The van der Waals surface area contributed by atoms with Crippen molar-refractivity contribution in [2.75, 3.05) is 38.3 Å². The molecule has 1 unspecified atom stereocenters. The fourth-order valence-electron chi connectivity index (χ4n) is 2.58. The first-order valence-corrected chi connectivity index (χ1v) is 6.73. The van der Waals surface area contributed by atoms with Crippen molar-refractivity contribution in [3.05, 3.63) is 12.4 Å². The zero-order valence-corrected chi connectivity index (χ0v) is 11.4. The Balaban J connectivity index is 2.03. The number of ether oxygens (including phenoxy) is 1. The highest BCUT2D eigenvalue weighted by Gasteiger charge is 2.22. The molecule has 102 valence electrons. The van der Waals surface area contributed by atoms with Gasteiger partial charge >= 0.3 is 0 Å². The van der Waals surface area contributed by atoms with E-state index < -0.39 is 0 Å². The van der Waals surface area contributed by atoms with Gasteiger partial charge in [-0.05, 0) is 32.2 Å². The Hall–Kier alpha value is -1.07. The van der Waals surface area contributed by atoms with Crippen LogP contribution in [0.15, 0.2) is 12.4 Å². The predicted octanol–water partition coefficient (Wildman–Crippen LogP) is 1.27. The number of nitrogens with two attached hydrogens (primary N) is 1. The van der Waals surface area contributed by atoms with Crippen molar-refractivity contribution in [1.82, 2.24) is 9.55 Å². The van der Waals surface area contributed by atoms with Crippen LogP contribution < -0.4 is 10.6 Å². The van der Waals surface area contributed by atoms with Crippen LogP contribution in [0.2, 0.25) is 0 Å². The van der Waals surface area contributed by atoms with Crippen molar-refractivity contribution < 1.29 is 4.74 Å². The normalized spacial score (nSPS) is 19.2. The summed E-state index contributed by atoms with van der Waals surface area (Å²) in [5.74, 6) is 1.75. The second-order valence-corrected chi connectivity index (χ2v) is 5.11. The second kappa shape index (κ2) is 6.20. The average molecular weight is 252 g/mol. The summed E-state index contributed by atoms with van der Waals surface area (Å²) < 4.78 is 7.42. The lowest BCUT2D eigenvalue weighted by atomic mass is 9.97. The van der Waals surface area contributed by atoms with Gasteiger partial charge in [0.15, 0.2) is 0 Å². The van der Waals surface area contributed by atoms with Crippen LogP contribution in [-0.4, -0.2) is 42.9 Å². The largest absolute Gasteiger partial charge is 0.383 e. The van der Waals surface area contributed by atoms with Gasteiger partial charge in [-0.3, -0.25) is 0 Å². The van der Waals surface area contributed by atoms with E-state index in [1.54, 1.807) is 7.11 Å². The summed E-state index contributed by atoms with van der Waals surface area (Å²) in [5.41, 5.74) is 5.73. The molecule has 1 fully saturated rings. The standard InChI is InChI=1S/C13H24N4O/c1-11(10-18-2)17-8-5-15-13(17)16-6-3-12(9-14)4-7-16/h5,8,11-12H,3-4,6-7,9-10,14H2,1-2H3. The number of piperidine rings is 1. The van der Waals surface area contributed by atoms with Crippen molar-refractivity contribution in [3.8, 4) is 0 Å². The van der Waals surface area contributed by atoms with Crippen molar-refractivity contribution in [2.24, 2.45) is 11.7 Å². The van der Waals surface area contributed by atoms with Gasteiger partial charge in [0.2, 0.25) is 5.95 Å². The van der Waals surface area contributed by atoms with Crippen LogP contribution in [0.5, 0.6) is 0 Å². The smallest absolute Gasteiger partial charge is 0.205 e. The molecule has 2 rings (SSSR count). The van der Waals surface area contributed by atoms with E-state index in [0.29, 0.717) is 18.6 Å². The van der Waals surface area contributed by atoms with Gasteiger partial charge in [0.05, 0.1) is 12.6 Å². The van der Waals surface area contributed by atoms with Gasteiger partial charge in [0.25, 0.3) is 0 Å². The first kappa shape index (κ1) is 13.4. The Labute approximate surface area is 109 Å². The zero-order chi connectivity index (χ0) is 13.0. The molecule has 0 bridgehead atoms. The molecule has 1 aliphatic rings. The third-order valence-corrected chi connectivity index (χ3v) is 3.76. The molecular weight excluding hydrogens is 228 g/mol. The van der Waals surface area contributed by atoms with Crippen molar-refractivity contribution in [1.29, 1.82) is 0 Å². The van der Waals surface area contributed by atoms with Crippen LogP contribution in [0.4, 0.5) is 5.95 Å². The molecule has 0 radical (unpaired) electrons. The number of hydrogen-bond acceptors (Lipinski definition) is 4. The molecular formula is C13H24N4O. The Morgan fingerprint density at radius 3 is 2.83 bits per heavy atom. The third kappa shape index (κ3) is 2.84. The van der Waals surface area contributed by atoms with Gasteiger partial charge in [0, 0.05) is 32.6 Å². The molecule has 1 aliphatic heterocycles. The lowest BCUT2D eigenvalue weighted by molar-refractivity contribution is 0.162. The Bertz CT molecular complexity index is 358. The molecule has 0 aromatic carbocycles. The summed E-state index contributed by atoms with van der Waals surface area (Å²) in [7, 11) is 1.74. The van der Waals surface area contributed by atoms with Gasteiger partial charge in [-0.1, -0.05) is 0 Å². The van der Waals surface area contributed by atoms with Gasteiger partial charge < -0.3 is 19.9 Å². The maximum absolute atomic E-state index is 5.73. The number of imidazole rings is 1. The molecule has 0 amide bonds. The SMILES string of the molecule is COCC(C)n1ccnc1N1CCC(CN)CC1. The monoisotopic (exact) mass is 252 g/mol. The molecule has 1 saturated heterocycles. The number of nitrogens with zero attached hydrogens (tertiary/aromatic N) is 3. The maximum atomic E-state index is 5.73. The Morgan fingerprint density at radius 1 is 1.50 bits per heavy atom. The fraction of sp³-hybridized carbons (Fsp3) is 0.769. The minimum atomic E-state index is 0.319. The van der Waals surface area contributed by atoms with Crippen LogP contribution >= 0.6 is 0 Å². The summed E-state index contributed by atoms with van der Waals surface area (Å²) >= 11 is 0. The minimum Gasteiger partial charge on any atom is -0.383 e. The molecule has 2 heterocycles. The second-order valence-electron chi connectivity index (χ2n) is 5.11. The number of hydrogen-bond donors (Lipinski definition) is 1. The van der Waals surface area contributed by atoms with Gasteiger partial charge in [-0.15, -0.1) is 0 Å². The molecule has 1 atom stereocenters. The lowest BCUT2D eigenvalue weighted by Crippen LogP contribution is -2.38. The average Bonchev–Trinajstić information content (AvgIpc) is 2.88. The summed E-state index contributed by atoms with van der Waals surface area (Å²) in [6.07, 6.45) is 6.24. The lowest BCUT2D eigenvalue weighted by Gasteiger charge is -2.33. The fourth-order valence-corrected chi connectivity index (χ4v) is 2.58. The molecule has 2 N–H and O–H groups in total. The number of methoxy groups -OCH3 is 1. The molecule has 0 spiro atoms. The van der Waals surface area contributed by atoms with Crippen molar-refractivity contribution in [2.45, 2.75) is 25.8 Å². The summed E-state index contributed by atoms with van der Waals surface area (Å²) in [4.78, 5) is 6.86. The Morgan fingerprint density at radius 2 is 2.22 bits per heavy atom. The van der Waals surface area contributed by atoms with Crippen LogP contribution in [0.3, 0.4) is 0 Å². The predicted molar refractivity (Wildman–Crippen MR) is 72.8 cm³/mol. The first-order chi connectivity index (χ1) is 8.76. The van der Waals surface area contributed by atoms with E-state index in [2.05, 4.69) is 21.4 Å². The quantitative estimate of drug-likeness (QED) is 0.857. The van der Waals surface area contributed by atoms with Crippen molar-refractivity contribution in [3.63, 3.8) is 0 Å². The minimum absolute atomic E-state index is 0.319. The topological polar surface area (TPSA) is 56.3 Å². The van der Waals surface area contributed by atoms with Gasteiger partial charge in [0.1, 0.15) is 0 Å². The number of rotatable bonds is 5. The van der Waals surface area contributed by atoms with Crippen LogP contribution in [0, 0.1) is 5.92 Å². The maximum Gasteiger partial charge on any atom is 0.205 e. The summed E-state index contributed by atoms with van der Waals surface area (Å²) in [6.45, 7) is 5.78. The van der Waals surface area contributed by atoms with E-state index in [-0.39, 0.29) is 0 Å². The molecule has 0 aliphatic carbocycles. The molecule has 18 heavy (non-hydrogen) atoms. The highest BCUT2D eigenvalue weighted by Crippen LogP contribution is 2.23. The highest BCUT2D eigenvalue weighted by atomic mass is 16.5. The van der Waals surface area contributed by atoms with Crippen LogP contribution in [0.25, 0.3) is 0 Å². The third-order valence-electron chi connectivity index (χ3n) is 3.76. The van der Waals surface area contributed by atoms with Gasteiger partial charge in [-0.2, -0.15) is 0 Å². The number of aromatic nitrogens is 2. The molecule has 1 aromatic heterocycles. The van der Waals surface area contributed by atoms with E-state index in [1.165, 1.54) is 12.8 Å². The number of anilines is 1. The van der Waals surface area contributed by atoms with Crippen LogP contribution in [0.1, 0.15) is 25.8 Å². The first-order valence-electron chi connectivity index (χ1n) is 6.73. The molecule has 1 aromatic rings. The van der Waals surface area contributed by atoms with E-state index in [9.17, 15) is 0 Å². The molecule has 0 saturated carbocycles.